The zero-order chi connectivity index (χ0) is 36.3. The van der Waals surface area contributed by atoms with Gasteiger partial charge in [0.2, 0.25) is 0 Å². The number of para-hydroxylation sites is 2. The summed E-state index contributed by atoms with van der Waals surface area (Å²) in [6, 6.07) is 70.8. The first-order valence-electron chi connectivity index (χ1n) is 18.7. The van der Waals surface area contributed by atoms with Crippen molar-refractivity contribution < 1.29 is 8.83 Å². The van der Waals surface area contributed by atoms with Crippen LogP contribution in [0.15, 0.2) is 209 Å². The number of hydrogen-bond donors (Lipinski definition) is 0. The third-order valence-corrected chi connectivity index (χ3v) is 10.9. The molecular weight excluding hydrogens is 671 g/mol. The van der Waals surface area contributed by atoms with Crippen LogP contribution < -0.4 is 4.90 Å². The van der Waals surface area contributed by atoms with Gasteiger partial charge in [0.15, 0.2) is 5.58 Å². The minimum atomic E-state index is 0.822. The number of fused-ring (bicyclic) bond motifs is 8. The van der Waals surface area contributed by atoms with Gasteiger partial charge in [-0.3, -0.25) is 0 Å². The molecule has 3 heteroatoms. The smallest absolute Gasteiger partial charge is 0.159 e. The van der Waals surface area contributed by atoms with Crippen molar-refractivity contribution in [2.45, 2.75) is 0 Å². The van der Waals surface area contributed by atoms with Crippen molar-refractivity contribution in [3.05, 3.63) is 200 Å². The zero-order valence-electron chi connectivity index (χ0n) is 29.8. The lowest BCUT2D eigenvalue weighted by molar-refractivity contribution is 0.668. The topological polar surface area (TPSA) is 29.5 Å². The van der Waals surface area contributed by atoms with Crippen LogP contribution in [0.2, 0.25) is 0 Å². The predicted octanol–water partition coefficient (Wildman–Crippen LogP) is 15.1. The highest BCUT2D eigenvalue weighted by molar-refractivity contribution is 6.20. The molecule has 0 atom stereocenters. The Hall–Kier alpha value is -7.36. The lowest BCUT2D eigenvalue weighted by atomic mass is 9.94. The molecule has 3 nitrogen and oxygen atoms in total. The number of hydrogen-bond acceptors (Lipinski definition) is 3. The minimum absolute atomic E-state index is 0.822. The molecule has 0 unspecified atom stereocenters. The summed E-state index contributed by atoms with van der Waals surface area (Å²) < 4.78 is 13.7. The van der Waals surface area contributed by atoms with Crippen LogP contribution in [0, 0.1) is 0 Å². The molecule has 0 fully saturated rings. The molecule has 0 aliphatic rings. The Bertz CT molecular complexity index is 3180. The highest BCUT2D eigenvalue weighted by Gasteiger charge is 2.25. The molecule has 258 valence electrons. The molecule has 11 aromatic rings. The van der Waals surface area contributed by atoms with Gasteiger partial charge in [-0.25, -0.2) is 0 Å². The van der Waals surface area contributed by atoms with Crippen LogP contribution in [0.4, 0.5) is 17.1 Å². The fraction of sp³-hybridized carbons (Fsp3) is 0. The van der Waals surface area contributed by atoms with Gasteiger partial charge in [0.05, 0.1) is 11.4 Å². The summed E-state index contributed by atoms with van der Waals surface area (Å²) in [5, 5.41) is 6.59. The molecule has 11 rings (SSSR count). The lowest BCUT2D eigenvalue weighted by Gasteiger charge is -2.28. The highest BCUT2D eigenvalue weighted by Crippen LogP contribution is 2.49. The molecule has 0 saturated carbocycles. The fourth-order valence-corrected chi connectivity index (χ4v) is 8.27. The maximum absolute atomic E-state index is 6.97. The van der Waals surface area contributed by atoms with Gasteiger partial charge < -0.3 is 13.7 Å². The van der Waals surface area contributed by atoms with E-state index in [9.17, 15) is 0 Å². The molecular formula is C52H33NO2. The van der Waals surface area contributed by atoms with Crippen LogP contribution in [-0.4, -0.2) is 0 Å². The second kappa shape index (κ2) is 12.6. The van der Waals surface area contributed by atoms with Gasteiger partial charge >= 0.3 is 0 Å². The van der Waals surface area contributed by atoms with E-state index in [0.29, 0.717) is 0 Å². The van der Waals surface area contributed by atoms with Gasteiger partial charge in [-0.2, -0.15) is 0 Å². The summed E-state index contributed by atoms with van der Waals surface area (Å²) in [6.07, 6.45) is 0. The summed E-state index contributed by atoms with van der Waals surface area (Å²) in [6.45, 7) is 0. The van der Waals surface area contributed by atoms with E-state index in [-0.39, 0.29) is 0 Å². The average molecular weight is 704 g/mol. The van der Waals surface area contributed by atoms with E-state index >= 15 is 0 Å². The molecule has 0 aliphatic heterocycles. The van der Waals surface area contributed by atoms with Crippen molar-refractivity contribution in [3.63, 3.8) is 0 Å². The Balaban J connectivity index is 1.22. The molecule has 0 N–H and O–H groups in total. The number of nitrogens with zero attached hydrogens (tertiary/aromatic N) is 1. The van der Waals surface area contributed by atoms with Crippen molar-refractivity contribution in [2.24, 2.45) is 0 Å². The molecule has 0 amide bonds. The molecule has 0 saturated heterocycles. The van der Waals surface area contributed by atoms with E-state index < -0.39 is 0 Å². The van der Waals surface area contributed by atoms with Crippen molar-refractivity contribution in [2.75, 3.05) is 4.90 Å². The third-order valence-electron chi connectivity index (χ3n) is 10.9. The normalized spacial score (nSPS) is 11.6. The predicted molar refractivity (Wildman–Crippen MR) is 229 cm³/mol. The molecule has 9 aromatic carbocycles. The summed E-state index contributed by atoms with van der Waals surface area (Å²) in [5.74, 6) is 0. The standard InChI is InChI=1S/C52H33NO2/c1-4-15-34(16-5-1)35-27-29-38(30-28-35)53(47-25-14-24-42-40-22-12-13-26-49(40)54-52(42)47)48-33-50-45(32-44(48)37-19-8-3-9-20-37)46-31-43(36-17-6-2-7-18-36)39-21-10-11-23-41(39)51(46)55-50/h1-33H. The molecule has 0 bridgehead atoms. The number of benzene rings is 9. The molecule has 0 aliphatic carbocycles. The lowest BCUT2D eigenvalue weighted by Crippen LogP contribution is -2.11. The maximum Gasteiger partial charge on any atom is 0.159 e. The Kier molecular flexibility index (Phi) is 7.17. The molecule has 2 aromatic heterocycles. The van der Waals surface area contributed by atoms with E-state index in [1.165, 1.54) is 22.1 Å². The van der Waals surface area contributed by atoms with Crippen LogP contribution in [0.5, 0.6) is 0 Å². The number of furan rings is 2. The van der Waals surface area contributed by atoms with Crippen LogP contribution in [0.3, 0.4) is 0 Å². The van der Waals surface area contributed by atoms with Crippen molar-refractivity contribution in [1.29, 1.82) is 0 Å². The van der Waals surface area contributed by atoms with Crippen molar-refractivity contribution in [3.8, 4) is 33.4 Å². The second-order valence-corrected chi connectivity index (χ2v) is 14.0. The Labute approximate surface area is 317 Å². The zero-order valence-corrected chi connectivity index (χ0v) is 29.8. The van der Waals surface area contributed by atoms with Crippen molar-refractivity contribution >= 4 is 71.7 Å². The van der Waals surface area contributed by atoms with E-state index in [1.807, 2.05) is 12.1 Å². The largest absolute Gasteiger partial charge is 0.455 e. The first-order chi connectivity index (χ1) is 27.3. The summed E-state index contributed by atoms with van der Waals surface area (Å²) in [4.78, 5) is 2.34. The van der Waals surface area contributed by atoms with Crippen LogP contribution in [0.1, 0.15) is 0 Å². The van der Waals surface area contributed by atoms with E-state index in [0.717, 1.165) is 83.0 Å². The molecule has 0 radical (unpaired) electrons. The van der Waals surface area contributed by atoms with Crippen LogP contribution in [0.25, 0.3) is 88.0 Å². The summed E-state index contributed by atoms with van der Waals surface area (Å²) >= 11 is 0. The van der Waals surface area contributed by atoms with Gasteiger partial charge in [-0.15, -0.1) is 0 Å². The molecule has 0 spiro atoms. The van der Waals surface area contributed by atoms with E-state index in [1.54, 1.807) is 0 Å². The minimum Gasteiger partial charge on any atom is -0.455 e. The summed E-state index contributed by atoms with van der Waals surface area (Å²) in [7, 11) is 0. The second-order valence-electron chi connectivity index (χ2n) is 14.0. The fourth-order valence-electron chi connectivity index (χ4n) is 8.27. The van der Waals surface area contributed by atoms with E-state index in [4.69, 9.17) is 8.83 Å². The van der Waals surface area contributed by atoms with Gasteiger partial charge in [0, 0.05) is 44.2 Å². The van der Waals surface area contributed by atoms with Gasteiger partial charge in [0.25, 0.3) is 0 Å². The first-order valence-corrected chi connectivity index (χ1v) is 18.7. The highest BCUT2D eigenvalue weighted by atomic mass is 16.3. The average Bonchev–Trinajstić information content (AvgIpc) is 3.83. The van der Waals surface area contributed by atoms with Crippen LogP contribution in [-0.2, 0) is 0 Å². The van der Waals surface area contributed by atoms with E-state index in [2.05, 4.69) is 193 Å². The molecule has 55 heavy (non-hydrogen) atoms. The van der Waals surface area contributed by atoms with Crippen molar-refractivity contribution in [1.82, 2.24) is 0 Å². The Morgan fingerprint density at radius 1 is 0.291 bits per heavy atom. The van der Waals surface area contributed by atoms with Gasteiger partial charge in [-0.05, 0) is 69.6 Å². The monoisotopic (exact) mass is 703 g/mol. The SMILES string of the molecule is c1ccc(-c2ccc(N(c3cc4oc5c6ccccc6c(-c6ccccc6)cc5c4cc3-c3ccccc3)c3cccc4c3oc3ccccc34)cc2)cc1. The first kappa shape index (κ1) is 31.2. The molecule has 2 heterocycles. The quantitative estimate of drug-likeness (QED) is 0.173. The van der Waals surface area contributed by atoms with Gasteiger partial charge in [-0.1, -0.05) is 158 Å². The number of anilines is 3. The Morgan fingerprint density at radius 3 is 1.55 bits per heavy atom. The summed E-state index contributed by atoms with van der Waals surface area (Å²) in [5.41, 5.74) is 13.3. The third kappa shape index (κ3) is 5.13. The number of rotatable bonds is 6. The Morgan fingerprint density at radius 2 is 0.818 bits per heavy atom. The van der Waals surface area contributed by atoms with Crippen LogP contribution >= 0.6 is 0 Å². The van der Waals surface area contributed by atoms with Gasteiger partial charge in [0.1, 0.15) is 16.7 Å². The maximum atomic E-state index is 6.97.